The highest BCUT2D eigenvalue weighted by Crippen LogP contribution is 2.33. The summed E-state index contributed by atoms with van der Waals surface area (Å²) in [6, 6.07) is 10.9. The highest BCUT2D eigenvalue weighted by atomic mass is 19.4. The lowest BCUT2D eigenvalue weighted by molar-refractivity contribution is -0.137. The summed E-state index contributed by atoms with van der Waals surface area (Å²) in [5.41, 5.74) is 13.7. The van der Waals surface area contributed by atoms with Gasteiger partial charge in [0.15, 0.2) is 0 Å². The number of nitrogens with one attached hydrogen (secondary N) is 1. The standard InChI is InChI=1S/C24H30F3N5O2/c1-31(12-13-33)10-3-11-32-15-20(30-19-5-2-4-17(14-19)24(25,26)27)21(23(32)34)22(29)16-6-8-18(28)9-7-16/h2,4-9,14,22,30,33H,3,10-13,15,28-29H2,1H3/t22-/m1/s1. The first-order valence-electron chi connectivity index (χ1n) is 11.0. The number of nitrogens with zero attached hydrogens (tertiary/aromatic N) is 2. The van der Waals surface area contributed by atoms with E-state index >= 15 is 0 Å². The number of hydrogen-bond donors (Lipinski definition) is 4. The van der Waals surface area contributed by atoms with Crippen LogP contribution >= 0.6 is 0 Å². The predicted octanol–water partition coefficient (Wildman–Crippen LogP) is 2.81. The predicted molar refractivity (Wildman–Crippen MR) is 126 cm³/mol. The molecule has 1 heterocycles. The summed E-state index contributed by atoms with van der Waals surface area (Å²) < 4.78 is 39.5. The summed E-state index contributed by atoms with van der Waals surface area (Å²) in [7, 11) is 1.88. The number of rotatable bonds is 10. The molecule has 6 N–H and O–H groups in total. The zero-order chi connectivity index (χ0) is 24.9. The van der Waals surface area contributed by atoms with Gasteiger partial charge in [-0.05, 0) is 55.9 Å². The lowest BCUT2D eigenvalue weighted by Crippen LogP contribution is -2.33. The fraction of sp³-hybridized carbons (Fsp3) is 0.375. The molecule has 0 bridgehead atoms. The SMILES string of the molecule is CN(CCO)CCCN1CC(Nc2cccc(C(F)(F)F)c2)=C([C@H](N)c2ccc(N)cc2)C1=O. The number of amides is 1. The van der Waals surface area contributed by atoms with Crippen LogP contribution in [-0.2, 0) is 11.0 Å². The second-order valence-corrected chi connectivity index (χ2v) is 8.35. The first-order chi connectivity index (χ1) is 16.1. The van der Waals surface area contributed by atoms with E-state index < -0.39 is 17.8 Å². The van der Waals surface area contributed by atoms with Crippen LogP contribution in [0.2, 0.25) is 0 Å². The Bertz CT molecular complexity index is 1020. The third-order valence-electron chi connectivity index (χ3n) is 5.73. The highest BCUT2D eigenvalue weighted by molar-refractivity contribution is 5.99. The summed E-state index contributed by atoms with van der Waals surface area (Å²) in [4.78, 5) is 16.9. The average molecular weight is 478 g/mol. The molecule has 1 atom stereocenters. The van der Waals surface area contributed by atoms with E-state index in [-0.39, 0.29) is 24.7 Å². The van der Waals surface area contributed by atoms with Crippen LogP contribution in [0.25, 0.3) is 0 Å². The molecular formula is C24H30F3N5O2. The first-order valence-corrected chi connectivity index (χ1v) is 11.0. The zero-order valence-electron chi connectivity index (χ0n) is 19.0. The molecule has 34 heavy (non-hydrogen) atoms. The normalized spacial score (nSPS) is 15.4. The fourth-order valence-corrected chi connectivity index (χ4v) is 3.89. The maximum atomic E-state index is 13.3. The third kappa shape index (κ3) is 6.28. The number of aliphatic hydroxyl groups excluding tert-OH is 1. The molecule has 3 rings (SSSR count). The number of halogens is 3. The number of nitrogens with two attached hydrogens (primary N) is 2. The Morgan fingerprint density at radius 1 is 1.18 bits per heavy atom. The van der Waals surface area contributed by atoms with Crippen molar-refractivity contribution in [1.82, 2.24) is 9.80 Å². The van der Waals surface area contributed by atoms with Crippen molar-refractivity contribution in [1.29, 1.82) is 0 Å². The van der Waals surface area contributed by atoms with E-state index in [9.17, 15) is 18.0 Å². The summed E-state index contributed by atoms with van der Waals surface area (Å²) >= 11 is 0. The minimum absolute atomic E-state index is 0.0480. The largest absolute Gasteiger partial charge is 0.416 e. The van der Waals surface area contributed by atoms with Crippen molar-refractivity contribution in [2.75, 3.05) is 50.9 Å². The number of anilines is 2. The maximum Gasteiger partial charge on any atom is 0.416 e. The smallest absolute Gasteiger partial charge is 0.399 e. The van der Waals surface area contributed by atoms with Crippen LogP contribution in [0.5, 0.6) is 0 Å². The Morgan fingerprint density at radius 2 is 1.88 bits per heavy atom. The molecule has 1 aliphatic heterocycles. The van der Waals surface area contributed by atoms with Crippen molar-refractivity contribution in [2.45, 2.75) is 18.6 Å². The molecule has 0 unspecified atom stereocenters. The quantitative estimate of drug-likeness (QED) is 0.392. The summed E-state index contributed by atoms with van der Waals surface area (Å²) in [6.07, 6.45) is -3.81. The monoisotopic (exact) mass is 477 g/mol. The molecule has 0 aliphatic carbocycles. The minimum atomic E-state index is -4.48. The minimum Gasteiger partial charge on any atom is -0.399 e. The van der Waals surface area contributed by atoms with Crippen molar-refractivity contribution < 1.29 is 23.1 Å². The van der Waals surface area contributed by atoms with Gasteiger partial charge in [0.05, 0.1) is 30.3 Å². The molecule has 2 aromatic rings. The van der Waals surface area contributed by atoms with Crippen molar-refractivity contribution in [3.8, 4) is 0 Å². The van der Waals surface area contributed by atoms with E-state index in [1.54, 1.807) is 29.2 Å². The topological polar surface area (TPSA) is 108 Å². The molecular weight excluding hydrogens is 447 g/mol. The Labute approximate surface area is 196 Å². The van der Waals surface area contributed by atoms with E-state index in [4.69, 9.17) is 16.6 Å². The van der Waals surface area contributed by atoms with Gasteiger partial charge in [-0.1, -0.05) is 18.2 Å². The summed E-state index contributed by atoms with van der Waals surface area (Å²) in [5.74, 6) is -0.261. The fourth-order valence-electron chi connectivity index (χ4n) is 3.89. The number of nitrogen functional groups attached to an aromatic ring is 1. The third-order valence-corrected chi connectivity index (χ3v) is 5.73. The number of hydrogen-bond acceptors (Lipinski definition) is 6. The molecule has 0 spiro atoms. The van der Waals surface area contributed by atoms with Crippen molar-refractivity contribution >= 4 is 17.3 Å². The van der Waals surface area contributed by atoms with E-state index in [1.165, 1.54) is 12.1 Å². The Balaban J connectivity index is 1.85. The number of alkyl halides is 3. The molecule has 0 aromatic heterocycles. The summed E-state index contributed by atoms with van der Waals surface area (Å²) in [5, 5.41) is 12.1. The Morgan fingerprint density at radius 3 is 2.53 bits per heavy atom. The van der Waals surface area contributed by atoms with Gasteiger partial charge >= 0.3 is 6.18 Å². The Kier molecular flexibility index (Phi) is 8.19. The van der Waals surface area contributed by atoms with Gasteiger partial charge in [-0.25, -0.2) is 0 Å². The zero-order valence-corrected chi connectivity index (χ0v) is 19.0. The van der Waals surface area contributed by atoms with Crippen molar-refractivity contribution in [2.24, 2.45) is 5.73 Å². The molecule has 0 radical (unpaired) electrons. The number of aliphatic hydroxyl groups is 1. The molecule has 1 amide bonds. The lowest BCUT2D eigenvalue weighted by atomic mass is 9.98. The van der Waals surface area contributed by atoms with Gasteiger partial charge in [0, 0.05) is 30.2 Å². The molecule has 10 heteroatoms. The second-order valence-electron chi connectivity index (χ2n) is 8.35. The van der Waals surface area contributed by atoms with Crippen LogP contribution in [0.1, 0.15) is 23.6 Å². The van der Waals surface area contributed by atoms with Crippen LogP contribution in [-0.4, -0.2) is 60.6 Å². The number of carbonyl (C=O) groups excluding carboxylic acids is 1. The molecule has 0 fully saturated rings. The maximum absolute atomic E-state index is 13.3. The van der Waals surface area contributed by atoms with Crippen LogP contribution in [0.3, 0.4) is 0 Å². The average Bonchev–Trinajstić information content (AvgIpc) is 3.08. The van der Waals surface area contributed by atoms with E-state index in [0.717, 1.165) is 12.1 Å². The molecule has 2 aromatic carbocycles. The number of benzene rings is 2. The molecule has 0 saturated heterocycles. The van der Waals surface area contributed by atoms with E-state index in [1.807, 2.05) is 11.9 Å². The molecule has 184 valence electrons. The van der Waals surface area contributed by atoms with Gasteiger partial charge in [-0.2, -0.15) is 13.2 Å². The van der Waals surface area contributed by atoms with Gasteiger partial charge in [-0.3, -0.25) is 4.79 Å². The van der Waals surface area contributed by atoms with Crippen molar-refractivity contribution in [3.63, 3.8) is 0 Å². The van der Waals surface area contributed by atoms with Gasteiger partial charge < -0.3 is 31.7 Å². The molecule has 0 saturated carbocycles. The Hall–Kier alpha value is -3.08. The second kappa shape index (κ2) is 10.9. The van der Waals surface area contributed by atoms with Gasteiger partial charge in [0.25, 0.3) is 5.91 Å². The summed E-state index contributed by atoms with van der Waals surface area (Å²) in [6.45, 7) is 1.91. The van der Waals surface area contributed by atoms with Crippen LogP contribution < -0.4 is 16.8 Å². The lowest BCUT2D eigenvalue weighted by Gasteiger charge is -2.20. The highest BCUT2D eigenvalue weighted by Gasteiger charge is 2.35. The molecule has 7 nitrogen and oxygen atoms in total. The van der Waals surface area contributed by atoms with Crippen LogP contribution in [0.15, 0.2) is 59.8 Å². The van der Waals surface area contributed by atoms with Crippen LogP contribution in [0.4, 0.5) is 24.5 Å². The number of likely N-dealkylation sites (N-methyl/N-ethyl adjacent to an activating group) is 1. The van der Waals surface area contributed by atoms with E-state index in [2.05, 4.69) is 5.32 Å². The van der Waals surface area contributed by atoms with Gasteiger partial charge in [0.2, 0.25) is 0 Å². The van der Waals surface area contributed by atoms with Gasteiger partial charge in [0.1, 0.15) is 0 Å². The molecule has 1 aliphatic rings. The van der Waals surface area contributed by atoms with Crippen molar-refractivity contribution in [3.05, 3.63) is 70.9 Å². The first kappa shape index (κ1) is 25.5. The number of carbonyl (C=O) groups is 1. The van der Waals surface area contributed by atoms with E-state index in [0.29, 0.717) is 48.6 Å². The van der Waals surface area contributed by atoms with Crippen LogP contribution in [0, 0.1) is 0 Å². The van der Waals surface area contributed by atoms with Gasteiger partial charge in [-0.15, -0.1) is 0 Å².